The second-order valence-electron chi connectivity index (χ2n) is 1.66. The van der Waals surface area contributed by atoms with Crippen LogP contribution in [0.1, 0.15) is 35.8 Å². The molecule has 7 heavy (non-hydrogen) atoms. The van der Waals surface area contributed by atoms with E-state index in [-0.39, 0.29) is 0 Å². The van der Waals surface area contributed by atoms with E-state index in [1.165, 1.54) is 13.8 Å². The molecule has 0 rings (SSSR count). The van der Waals surface area contributed by atoms with E-state index in [0.29, 0.717) is 5.92 Å². The number of hydrogen-bond acceptors (Lipinski definition) is 0. The summed E-state index contributed by atoms with van der Waals surface area (Å²) in [6.07, 6.45) is 0. The topological polar surface area (TPSA) is 0 Å². The highest BCUT2D eigenvalue weighted by molar-refractivity contribution is 9.10. The average Bonchev–Trinajstić information content (AvgIpc) is 1.80. The standard InChI is InChI=1S/C6H12Br/c1-5(2)6(3,4)7/h1-4H3/q+1/i3D3,4D3. The van der Waals surface area contributed by atoms with Crippen LogP contribution >= 0.6 is 15.9 Å². The van der Waals surface area contributed by atoms with E-state index in [9.17, 15) is 0 Å². The van der Waals surface area contributed by atoms with Crippen molar-refractivity contribution < 1.29 is 8.22 Å². The van der Waals surface area contributed by atoms with E-state index in [1.807, 2.05) is 0 Å². The maximum absolute atomic E-state index is 7.18. The first-order valence-corrected chi connectivity index (χ1v) is 2.73. The maximum atomic E-state index is 7.18. The van der Waals surface area contributed by atoms with Crippen LogP contribution < -0.4 is 0 Å². The van der Waals surface area contributed by atoms with Crippen molar-refractivity contribution in [1.82, 2.24) is 0 Å². The Morgan fingerprint density at radius 3 is 2.00 bits per heavy atom. The summed E-state index contributed by atoms with van der Waals surface area (Å²) in [5.41, 5.74) is 0. The lowest BCUT2D eigenvalue weighted by molar-refractivity contribution is 0.743. The Morgan fingerprint density at radius 1 is 1.57 bits per heavy atom. The molecular weight excluding hydrogens is 152 g/mol. The van der Waals surface area contributed by atoms with Gasteiger partial charge in [-0.2, -0.15) is 0 Å². The van der Waals surface area contributed by atoms with Gasteiger partial charge in [0.15, 0.2) is 4.32 Å². The molecule has 42 valence electrons. The summed E-state index contributed by atoms with van der Waals surface area (Å²) in [4.78, 5) is 0. The van der Waals surface area contributed by atoms with Crippen molar-refractivity contribution in [2.24, 2.45) is 0 Å². The zero-order valence-electron chi connectivity index (χ0n) is 10.4. The molecule has 0 saturated heterocycles. The second kappa shape index (κ2) is 2.08. The molecule has 1 heteroatoms. The molecular formula is C6H12Br+. The lowest BCUT2D eigenvalue weighted by atomic mass is 10.0. The zero-order chi connectivity index (χ0) is 11.1. The molecule has 0 amide bonds. The zero-order valence-corrected chi connectivity index (χ0v) is 5.96. The third-order valence-electron chi connectivity index (χ3n) is 0.689. The fraction of sp³-hybridized carbons (Fsp3) is 0.833. The Labute approximate surface area is 62.9 Å². The first kappa shape index (κ1) is 1.94. The molecule has 0 aliphatic carbocycles. The second-order valence-corrected chi connectivity index (χ2v) is 2.85. The summed E-state index contributed by atoms with van der Waals surface area (Å²) < 4.78 is 41.2. The van der Waals surface area contributed by atoms with E-state index >= 15 is 0 Å². The highest BCUT2D eigenvalue weighted by Gasteiger charge is 2.27. The van der Waals surface area contributed by atoms with Gasteiger partial charge in [-0.25, -0.2) is 0 Å². The predicted octanol–water partition coefficient (Wildman–Crippen LogP) is 2.77. The van der Waals surface area contributed by atoms with Crippen LogP contribution in [0.15, 0.2) is 0 Å². The SMILES string of the molecule is [2H]C([2H])([2H])C(Br)([C+](C)C)C([2H])([2H])[2H]. The molecule has 0 aliphatic rings. The molecule has 0 aliphatic heterocycles. The molecule has 0 nitrogen and oxygen atoms in total. The maximum Gasteiger partial charge on any atom is 0.157 e. The third kappa shape index (κ3) is 2.98. The van der Waals surface area contributed by atoms with Crippen LogP contribution in [0.4, 0.5) is 0 Å². The van der Waals surface area contributed by atoms with Crippen LogP contribution in [-0.4, -0.2) is 4.32 Å². The Kier molecular flexibility index (Phi) is 0.577. The minimum absolute atomic E-state index is 0.326. The number of alkyl halides is 1. The van der Waals surface area contributed by atoms with E-state index in [4.69, 9.17) is 8.22 Å². The highest BCUT2D eigenvalue weighted by Crippen LogP contribution is 2.26. The number of rotatable bonds is 1. The normalized spacial score (nSPS) is 27.9. The van der Waals surface area contributed by atoms with E-state index < -0.39 is 18.0 Å². The lowest BCUT2D eigenvalue weighted by Gasteiger charge is -2.08. The van der Waals surface area contributed by atoms with Gasteiger partial charge < -0.3 is 0 Å². The van der Waals surface area contributed by atoms with Gasteiger partial charge in [-0.15, -0.1) is 0 Å². The summed E-state index contributed by atoms with van der Waals surface area (Å²) in [5, 5.41) is 0. The van der Waals surface area contributed by atoms with E-state index in [1.54, 1.807) is 0 Å². The van der Waals surface area contributed by atoms with E-state index in [2.05, 4.69) is 15.9 Å². The van der Waals surface area contributed by atoms with Crippen molar-refractivity contribution >= 4 is 15.9 Å². The first-order valence-electron chi connectivity index (χ1n) is 4.94. The van der Waals surface area contributed by atoms with Crippen molar-refractivity contribution in [2.75, 3.05) is 0 Å². The van der Waals surface area contributed by atoms with Gasteiger partial charge in [-0.3, -0.25) is 0 Å². The van der Waals surface area contributed by atoms with Crippen LogP contribution in [0.5, 0.6) is 0 Å². The molecule has 0 spiro atoms. The van der Waals surface area contributed by atoms with Crippen LogP contribution in [-0.2, 0) is 0 Å². The van der Waals surface area contributed by atoms with Crippen molar-refractivity contribution in [2.45, 2.75) is 31.9 Å². The number of halogens is 1. The monoisotopic (exact) mass is 169 g/mol. The van der Waals surface area contributed by atoms with E-state index in [0.717, 1.165) is 0 Å². The molecule has 0 aromatic heterocycles. The molecule has 0 aromatic rings. The van der Waals surface area contributed by atoms with Crippen LogP contribution in [0.2, 0.25) is 0 Å². The molecule has 0 bridgehead atoms. The smallest absolute Gasteiger partial charge is 0.0316 e. The third-order valence-corrected chi connectivity index (χ3v) is 1.48. The van der Waals surface area contributed by atoms with Crippen LogP contribution in [0.25, 0.3) is 0 Å². The van der Waals surface area contributed by atoms with Gasteiger partial charge in [0.1, 0.15) is 5.92 Å². The van der Waals surface area contributed by atoms with Gasteiger partial charge in [0, 0.05) is 8.22 Å². The summed E-state index contributed by atoms with van der Waals surface area (Å²) in [5.74, 6) is 0.326. The van der Waals surface area contributed by atoms with Crippen molar-refractivity contribution in [3.8, 4) is 0 Å². The molecule has 0 N–H and O–H groups in total. The molecule has 0 fully saturated rings. The average molecular weight is 170 g/mol. The van der Waals surface area contributed by atoms with Gasteiger partial charge in [-0.05, 0) is 29.6 Å². The van der Waals surface area contributed by atoms with Crippen LogP contribution in [0.3, 0.4) is 0 Å². The molecule has 0 unspecified atom stereocenters. The molecule has 0 atom stereocenters. The summed E-state index contributed by atoms with van der Waals surface area (Å²) in [6, 6.07) is 0. The fourth-order valence-electron chi connectivity index (χ4n) is 0. The first-order chi connectivity index (χ1) is 5.44. The van der Waals surface area contributed by atoms with Gasteiger partial charge in [-0.1, -0.05) is 0 Å². The van der Waals surface area contributed by atoms with Gasteiger partial charge in [0.05, 0.1) is 13.8 Å². The number of hydrogen-bond donors (Lipinski definition) is 0. The summed E-state index contributed by atoms with van der Waals surface area (Å²) in [6.45, 7) is -2.16. The lowest BCUT2D eigenvalue weighted by Crippen LogP contribution is -2.15. The molecule has 0 saturated carbocycles. The fourth-order valence-corrected chi connectivity index (χ4v) is 0. The van der Waals surface area contributed by atoms with Crippen molar-refractivity contribution in [3.63, 3.8) is 0 Å². The quantitative estimate of drug-likeness (QED) is 0.419. The summed E-state index contributed by atoms with van der Waals surface area (Å²) >= 11 is 2.83. The van der Waals surface area contributed by atoms with Gasteiger partial charge in [0.2, 0.25) is 0 Å². The van der Waals surface area contributed by atoms with Gasteiger partial charge >= 0.3 is 0 Å². The van der Waals surface area contributed by atoms with Crippen molar-refractivity contribution in [3.05, 3.63) is 5.92 Å². The Balaban J connectivity index is 5.22. The highest BCUT2D eigenvalue weighted by atomic mass is 79.9. The largest absolute Gasteiger partial charge is 0.157 e. The van der Waals surface area contributed by atoms with Gasteiger partial charge in [0.25, 0.3) is 0 Å². The predicted molar refractivity (Wildman–Crippen MR) is 37.6 cm³/mol. The Bertz CT molecular complexity index is 165. The Hall–Kier alpha value is 0.350. The molecule has 0 aromatic carbocycles. The minimum Gasteiger partial charge on any atom is -0.0316 e. The molecule has 0 radical (unpaired) electrons. The van der Waals surface area contributed by atoms with Crippen molar-refractivity contribution in [1.29, 1.82) is 0 Å². The van der Waals surface area contributed by atoms with Crippen LogP contribution in [0, 0.1) is 5.92 Å². The Morgan fingerprint density at radius 2 is 2.00 bits per heavy atom. The molecule has 0 heterocycles. The minimum atomic E-state index is -2.57. The summed E-state index contributed by atoms with van der Waals surface area (Å²) in [7, 11) is 0.